The highest BCUT2D eigenvalue weighted by Crippen LogP contribution is 2.46. The van der Waals surface area contributed by atoms with Gasteiger partial charge in [-0.25, -0.2) is 4.79 Å². The first-order valence-corrected chi connectivity index (χ1v) is 9.05. The van der Waals surface area contributed by atoms with Crippen molar-refractivity contribution in [2.75, 3.05) is 0 Å². The topological polar surface area (TPSA) is 63.3 Å². The number of benzene rings is 1. The van der Waals surface area contributed by atoms with Crippen LogP contribution in [0.15, 0.2) is 22.7 Å². The summed E-state index contributed by atoms with van der Waals surface area (Å²) in [6.45, 7) is 13.3. The second-order valence-corrected chi connectivity index (χ2v) is 8.73. The van der Waals surface area contributed by atoms with Crippen molar-refractivity contribution in [3.63, 3.8) is 0 Å². The first-order valence-electron chi connectivity index (χ1n) is 9.05. The van der Waals surface area contributed by atoms with Crippen LogP contribution in [0.25, 0.3) is 11.6 Å². The van der Waals surface area contributed by atoms with Gasteiger partial charge < -0.3 is 9.63 Å². The number of rotatable bonds is 3. The van der Waals surface area contributed by atoms with Crippen LogP contribution in [0, 0.1) is 6.92 Å². The lowest BCUT2D eigenvalue weighted by molar-refractivity contribution is 0.0685. The Kier molecular flexibility index (Phi) is 4.33. The molecule has 0 aliphatic heterocycles. The maximum atomic E-state index is 11.0. The fourth-order valence-electron chi connectivity index (χ4n) is 3.76. The summed E-state index contributed by atoms with van der Waals surface area (Å²) in [5.41, 5.74) is 6.33. The van der Waals surface area contributed by atoms with Crippen molar-refractivity contribution in [1.82, 2.24) is 5.16 Å². The summed E-state index contributed by atoms with van der Waals surface area (Å²) >= 11 is 0. The molecule has 26 heavy (non-hydrogen) atoms. The fourth-order valence-corrected chi connectivity index (χ4v) is 3.76. The molecule has 1 aliphatic rings. The number of fused-ring (bicyclic) bond motifs is 1. The molecule has 4 heteroatoms. The highest BCUT2D eigenvalue weighted by atomic mass is 16.5. The maximum Gasteiger partial charge on any atom is 0.358 e. The monoisotopic (exact) mass is 353 g/mol. The van der Waals surface area contributed by atoms with Crippen molar-refractivity contribution in [2.45, 2.75) is 65.2 Å². The Morgan fingerprint density at radius 1 is 1.12 bits per heavy atom. The molecule has 4 nitrogen and oxygen atoms in total. The van der Waals surface area contributed by atoms with Crippen LogP contribution in [0.2, 0.25) is 0 Å². The minimum atomic E-state index is -1.08. The molecule has 0 saturated heterocycles. The van der Waals surface area contributed by atoms with E-state index in [0.717, 1.165) is 11.1 Å². The van der Waals surface area contributed by atoms with Gasteiger partial charge in [0.15, 0.2) is 11.5 Å². The maximum absolute atomic E-state index is 11.0. The molecule has 3 rings (SSSR count). The smallest absolute Gasteiger partial charge is 0.358 e. The molecule has 0 atom stereocenters. The number of aryl methyl sites for hydroxylation is 1. The molecule has 0 spiro atoms. The fraction of sp³-hybridized carbons (Fsp3) is 0.455. The van der Waals surface area contributed by atoms with Gasteiger partial charge in [-0.1, -0.05) is 45.0 Å². The lowest BCUT2D eigenvalue weighted by Gasteiger charge is -2.42. The molecule has 0 fully saturated rings. The van der Waals surface area contributed by atoms with Gasteiger partial charge in [-0.3, -0.25) is 0 Å². The van der Waals surface area contributed by atoms with Gasteiger partial charge in [-0.2, -0.15) is 0 Å². The SMILES string of the molecule is CC(=Cc1cc2c(cc1C)C(C)(C)CCC2(C)C)c1cc(C(=O)O)no1. The van der Waals surface area contributed by atoms with Crippen molar-refractivity contribution < 1.29 is 14.4 Å². The van der Waals surface area contributed by atoms with Crippen LogP contribution >= 0.6 is 0 Å². The zero-order valence-corrected chi connectivity index (χ0v) is 16.4. The number of nitrogens with zero attached hydrogens (tertiary/aromatic N) is 1. The van der Waals surface area contributed by atoms with Gasteiger partial charge in [0.05, 0.1) is 0 Å². The minimum absolute atomic E-state index is 0.0715. The Morgan fingerprint density at radius 2 is 1.69 bits per heavy atom. The lowest BCUT2D eigenvalue weighted by Crippen LogP contribution is -2.34. The Bertz CT molecular complexity index is 900. The van der Waals surface area contributed by atoms with E-state index in [9.17, 15) is 4.79 Å². The van der Waals surface area contributed by atoms with E-state index in [1.54, 1.807) is 0 Å². The Balaban J connectivity index is 2.07. The van der Waals surface area contributed by atoms with E-state index < -0.39 is 5.97 Å². The summed E-state index contributed by atoms with van der Waals surface area (Å²) < 4.78 is 5.19. The first-order chi connectivity index (χ1) is 12.0. The third-order valence-electron chi connectivity index (χ3n) is 5.73. The number of aromatic nitrogens is 1. The number of carbonyl (C=O) groups is 1. The standard InChI is InChI=1S/C22H27NO3/c1-13-10-16-17(22(5,6)8-7-21(16,3)4)11-15(13)9-14(2)19-12-18(20(24)25)23-26-19/h9-12H,7-8H2,1-6H3,(H,24,25). The second kappa shape index (κ2) is 6.11. The Labute approximate surface area is 154 Å². The van der Waals surface area contributed by atoms with Gasteiger partial charge in [0.25, 0.3) is 0 Å². The van der Waals surface area contributed by atoms with Gasteiger partial charge in [-0.15, -0.1) is 0 Å². The van der Waals surface area contributed by atoms with Crippen LogP contribution in [0.1, 0.15) is 86.0 Å². The number of hydrogen-bond donors (Lipinski definition) is 1. The molecule has 0 radical (unpaired) electrons. The van der Waals surface area contributed by atoms with Gasteiger partial charge in [0, 0.05) is 6.07 Å². The number of aromatic carboxylic acids is 1. The average Bonchev–Trinajstić information content (AvgIpc) is 3.04. The molecule has 1 aromatic carbocycles. The van der Waals surface area contributed by atoms with Crippen LogP contribution in [0.5, 0.6) is 0 Å². The second-order valence-electron chi connectivity index (χ2n) is 8.73. The normalized spacial score (nSPS) is 18.5. The van der Waals surface area contributed by atoms with Crippen LogP contribution in [0.4, 0.5) is 0 Å². The summed E-state index contributed by atoms with van der Waals surface area (Å²) in [4.78, 5) is 11.0. The predicted octanol–water partition coefficient (Wildman–Crippen LogP) is 5.59. The summed E-state index contributed by atoms with van der Waals surface area (Å²) in [7, 11) is 0. The van der Waals surface area contributed by atoms with E-state index in [1.807, 2.05) is 6.92 Å². The average molecular weight is 353 g/mol. The summed E-state index contributed by atoms with van der Waals surface area (Å²) in [5.74, 6) is -0.596. The molecule has 0 amide bonds. The van der Waals surface area contributed by atoms with Gasteiger partial charge in [0.1, 0.15) is 0 Å². The number of carboxylic acid groups (broad SMARTS) is 1. The van der Waals surface area contributed by atoms with Crippen LogP contribution in [-0.2, 0) is 10.8 Å². The number of hydrogen-bond acceptors (Lipinski definition) is 3. The van der Waals surface area contributed by atoms with E-state index in [-0.39, 0.29) is 16.5 Å². The van der Waals surface area contributed by atoms with Crippen LogP contribution in [0.3, 0.4) is 0 Å². The highest BCUT2D eigenvalue weighted by molar-refractivity contribution is 5.87. The molecular weight excluding hydrogens is 326 g/mol. The summed E-state index contributed by atoms with van der Waals surface area (Å²) in [6, 6.07) is 6.08. The van der Waals surface area contributed by atoms with Crippen LogP contribution < -0.4 is 0 Å². The molecule has 2 aromatic rings. The molecule has 1 aliphatic carbocycles. The largest absolute Gasteiger partial charge is 0.476 e. The zero-order valence-electron chi connectivity index (χ0n) is 16.4. The summed E-state index contributed by atoms with van der Waals surface area (Å²) in [6.07, 6.45) is 4.42. The van der Waals surface area contributed by atoms with Gasteiger partial charge >= 0.3 is 5.97 Å². The number of carboxylic acids is 1. The third-order valence-corrected chi connectivity index (χ3v) is 5.73. The van der Waals surface area contributed by atoms with Crippen LogP contribution in [-0.4, -0.2) is 16.2 Å². The Hall–Kier alpha value is -2.36. The van der Waals surface area contributed by atoms with Crippen molar-refractivity contribution in [1.29, 1.82) is 0 Å². The molecule has 0 unspecified atom stereocenters. The van der Waals surface area contributed by atoms with Crippen molar-refractivity contribution >= 4 is 17.6 Å². The third kappa shape index (κ3) is 3.20. The van der Waals surface area contributed by atoms with Gasteiger partial charge in [0.2, 0.25) is 0 Å². The minimum Gasteiger partial charge on any atom is -0.476 e. The highest BCUT2D eigenvalue weighted by Gasteiger charge is 2.37. The van der Waals surface area contributed by atoms with E-state index in [1.165, 1.54) is 35.6 Å². The zero-order chi connectivity index (χ0) is 19.3. The van der Waals surface area contributed by atoms with Crippen molar-refractivity contribution in [3.8, 4) is 0 Å². The predicted molar refractivity (Wildman–Crippen MR) is 103 cm³/mol. The number of allylic oxidation sites excluding steroid dienone is 1. The molecule has 1 N–H and O–H groups in total. The first kappa shape index (κ1) is 18.4. The van der Waals surface area contributed by atoms with E-state index >= 15 is 0 Å². The molecule has 138 valence electrons. The van der Waals surface area contributed by atoms with E-state index in [0.29, 0.717) is 5.76 Å². The molecule has 0 saturated carbocycles. The van der Waals surface area contributed by atoms with Gasteiger partial charge in [-0.05, 0) is 71.4 Å². The molecule has 0 bridgehead atoms. The van der Waals surface area contributed by atoms with Crippen molar-refractivity contribution in [3.05, 3.63) is 51.9 Å². The quantitative estimate of drug-likeness (QED) is 0.781. The van der Waals surface area contributed by atoms with E-state index in [2.05, 4.69) is 58.0 Å². The molecular formula is C22H27NO3. The lowest BCUT2D eigenvalue weighted by atomic mass is 9.62. The summed E-state index contributed by atoms with van der Waals surface area (Å²) in [5, 5.41) is 12.6. The molecule has 1 heterocycles. The molecule has 1 aromatic heterocycles. The Morgan fingerprint density at radius 3 is 2.23 bits per heavy atom. The van der Waals surface area contributed by atoms with Crippen molar-refractivity contribution in [2.24, 2.45) is 0 Å². The van der Waals surface area contributed by atoms with E-state index in [4.69, 9.17) is 9.63 Å².